The van der Waals surface area contributed by atoms with Gasteiger partial charge >= 0.3 is 0 Å². The van der Waals surface area contributed by atoms with Crippen LogP contribution in [0.2, 0.25) is 0 Å². The van der Waals surface area contributed by atoms with Gasteiger partial charge in [0.15, 0.2) is 0 Å². The zero-order valence-electron chi connectivity index (χ0n) is 10.7. The number of pyridine rings is 1. The van der Waals surface area contributed by atoms with Crippen LogP contribution in [-0.4, -0.2) is 40.2 Å². The van der Waals surface area contributed by atoms with E-state index in [4.69, 9.17) is 0 Å². The van der Waals surface area contributed by atoms with Crippen molar-refractivity contribution in [2.45, 2.75) is 13.3 Å². The molecule has 0 spiro atoms. The number of hydrogen-bond donors (Lipinski definition) is 2. The predicted molar refractivity (Wildman–Crippen MR) is 74.3 cm³/mol. The first kappa shape index (κ1) is 14.6. The van der Waals surface area contributed by atoms with Gasteiger partial charge in [-0.2, -0.15) is 0 Å². The minimum Gasteiger partial charge on any atom is -0.385 e. The fourth-order valence-electron chi connectivity index (χ4n) is 1.33. The van der Waals surface area contributed by atoms with Crippen molar-refractivity contribution >= 4 is 22.4 Å². The standard InChI is InChI=1S/C12H19N3O2S/c1-3-5-13-10-4-6-14-11(9-10)12(16)15-7-8-18(2)17/h4,6,9H,3,5,7-8H2,1-2H3,(H,13,14)(H,15,16). The van der Waals surface area contributed by atoms with E-state index in [-0.39, 0.29) is 5.91 Å². The lowest BCUT2D eigenvalue weighted by Gasteiger charge is -2.07. The number of carbonyl (C=O) groups excluding carboxylic acids is 1. The molecule has 0 aliphatic carbocycles. The fraction of sp³-hybridized carbons (Fsp3) is 0.500. The van der Waals surface area contributed by atoms with Gasteiger partial charge in [0.2, 0.25) is 0 Å². The third-order valence-corrected chi connectivity index (χ3v) is 3.03. The van der Waals surface area contributed by atoms with Crippen LogP contribution in [0.25, 0.3) is 0 Å². The number of carbonyl (C=O) groups is 1. The Kier molecular flexibility index (Phi) is 6.35. The Morgan fingerprint density at radius 1 is 1.44 bits per heavy atom. The van der Waals surface area contributed by atoms with Crippen molar-refractivity contribution in [2.75, 3.05) is 30.4 Å². The summed E-state index contributed by atoms with van der Waals surface area (Å²) < 4.78 is 10.9. The monoisotopic (exact) mass is 269 g/mol. The molecule has 0 radical (unpaired) electrons. The van der Waals surface area contributed by atoms with Crippen LogP contribution in [-0.2, 0) is 10.8 Å². The summed E-state index contributed by atoms with van der Waals surface area (Å²) >= 11 is 0. The van der Waals surface area contributed by atoms with Crippen LogP contribution >= 0.6 is 0 Å². The van der Waals surface area contributed by atoms with Crippen LogP contribution in [0.3, 0.4) is 0 Å². The molecule has 0 bridgehead atoms. The van der Waals surface area contributed by atoms with E-state index in [0.717, 1.165) is 18.7 Å². The predicted octanol–water partition coefficient (Wildman–Crippen LogP) is 1.01. The molecule has 18 heavy (non-hydrogen) atoms. The highest BCUT2D eigenvalue weighted by Gasteiger charge is 2.07. The molecular weight excluding hydrogens is 250 g/mol. The Morgan fingerprint density at radius 3 is 2.89 bits per heavy atom. The molecule has 2 N–H and O–H groups in total. The van der Waals surface area contributed by atoms with Gasteiger partial charge in [-0.1, -0.05) is 6.92 Å². The minimum absolute atomic E-state index is 0.236. The van der Waals surface area contributed by atoms with Gasteiger partial charge in [-0.15, -0.1) is 0 Å². The van der Waals surface area contributed by atoms with Gasteiger partial charge in [-0.3, -0.25) is 14.0 Å². The Bertz CT molecular complexity index is 424. The minimum atomic E-state index is -0.895. The second-order valence-electron chi connectivity index (χ2n) is 3.89. The molecule has 1 aromatic heterocycles. The number of nitrogens with one attached hydrogen (secondary N) is 2. The van der Waals surface area contributed by atoms with E-state index < -0.39 is 10.8 Å². The first-order valence-electron chi connectivity index (χ1n) is 5.91. The molecule has 1 unspecified atom stereocenters. The Hall–Kier alpha value is -1.43. The number of nitrogens with zero attached hydrogens (tertiary/aromatic N) is 1. The van der Waals surface area contributed by atoms with Crippen LogP contribution in [0.5, 0.6) is 0 Å². The second-order valence-corrected chi connectivity index (χ2v) is 5.44. The molecule has 0 saturated carbocycles. The van der Waals surface area contributed by atoms with Crippen molar-refractivity contribution in [3.05, 3.63) is 24.0 Å². The van der Waals surface area contributed by atoms with E-state index >= 15 is 0 Å². The van der Waals surface area contributed by atoms with Gasteiger partial charge < -0.3 is 10.6 Å². The van der Waals surface area contributed by atoms with Crippen molar-refractivity contribution in [3.8, 4) is 0 Å². The number of anilines is 1. The first-order chi connectivity index (χ1) is 8.63. The topological polar surface area (TPSA) is 71.1 Å². The van der Waals surface area contributed by atoms with Gasteiger partial charge in [0.25, 0.3) is 5.91 Å². The van der Waals surface area contributed by atoms with Crippen molar-refractivity contribution in [3.63, 3.8) is 0 Å². The maximum absolute atomic E-state index is 11.8. The molecule has 100 valence electrons. The summed E-state index contributed by atoms with van der Waals surface area (Å²) in [5.41, 5.74) is 1.26. The molecule has 0 fully saturated rings. The molecule has 1 rings (SSSR count). The third-order valence-electron chi connectivity index (χ3n) is 2.25. The second kappa shape index (κ2) is 7.81. The summed E-state index contributed by atoms with van der Waals surface area (Å²) in [7, 11) is -0.895. The first-order valence-corrected chi connectivity index (χ1v) is 7.64. The van der Waals surface area contributed by atoms with Crippen molar-refractivity contribution in [2.24, 2.45) is 0 Å². The van der Waals surface area contributed by atoms with Crippen LogP contribution < -0.4 is 10.6 Å². The summed E-state index contributed by atoms with van der Waals surface area (Å²) in [5, 5.41) is 5.89. The van der Waals surface area contributed by atoms with E-state index in [2.05, 4.69) is 22.5 Å². The van der Waals surface area contributed by atoms with Crippen LogP contribution in [0, 0.1) is 0 Å². The van der Waals surface area contributed by atoms with Gasteiger partial charge in [-0.25, -0.2) is 0 Å². The molecule has 0 saturated heterocycles. The summed E-state index contributed by atoms with van der Waals surface area (Å²) in [6.45, 7) is 3.34. The maximum Gasteiger partial charge on any atom is 0.269 e. The molecule has 0 aromatic carbocycles. The zero-order chi connectivity index (χ0) is 13.4. The number of hydrogen-bond acceptors (Lipinski definition) is 4. The van der Waals surface area contributed by atoms with Crippen LogP contribution in [0.1, 0.15) is 23.8 Å². The maximum atomic E-state index is 11.8. The van der Waals surface area contributed by atoms with Crippen molar-refractivity contribution in [1.29, 1.82) is 0 Å². The van der Waals surface area contributed by atoms with E-state index in [0.29, 0.717) is 18.0 Å². The zero-order valence-corrected chi connectivity index (χ0v) is 11.5. The normalized spacial score (nSPS) is 11.9. The lowest BCUT2D eigenvalue weighted by molar-refractivity contribution is 0.0951. The lowest BCUT2D eigenvalue weighted by atomic mass is 10.3. The lowest BCUT2D eigenvalue weighted by Crippen LogP contribution is -2.28. The Labute approximate surface area is 110 Å². The Balaban J connectivity index is 2.54. The highest BCUT2D eigenvalue weighted by molar-refractivity contribution is 7.84. The molecular formula is C12H19N3O2S. The number of aromatic nitrogens is 1. The largest absolute Gasteiger partial charge is 0.385 e. The molecule has 1 aromatic rings. The summed E-state index contributed by atoms with van der Waals surface area (Å²) in [5.74, 6) is 0.222. The van der Waals surface area contributed by atoms with Crippen molar-refractivity contribution in [1.82, 2.24) is 10.3 Å². The SMILES string of the molecule is CCCNc1ccnc(C(=O)NCCS(C)=O)c1. The molecule has 0 aliphatic rings. The van der Waals surface area contributed by atoms with E-state index in [1.54, 1.807) is 18.5 Å². The molecule has 5 nitrogen and oxygen atoms in total. The molecule has 1 atom stereocenters. The quantitative estimate of drug-likeness (QED) is 0.775. The molecule has 1 amide bonds. The van der Waals surface area contributed by atoms with E-state index in [1.165, 1.54) is 0 Å². The molecule has 0 aliphatic heterocycles. The van der Waals surface area contributed by atoms with Crippen LogP contribution in [0.4, 0.5) is 5.69 Å². The molecule has 6 heteroatoms. The summed E-state index contributed by atoms with van der Waals surface area (Å²) in [6.07, 6.45) is 4.23. The number of rotatable bonds is 7. The van der Waals surface area contributed by atoms with E-state index in [1.807, 2.05) is 6.07 Å². The number of amides is 1. The van der Waals surface area contributed by atoms with Gasteiger partial charge in [0.1, 0.15) is 5.69 Å². The average Bonchev–Trinajstić information content (AvgIpc) is 2.36. The highest BCUT2D eigenvalue weighted by atomic mass is 32.2. The smallest absolute Gasteiger partial charge is 0.269 e. The third kappa shape index (κ3) is 5.27. The summed E-state index contributed by atoms with van der Waals surface area (Å²) in [4.78, 5) is 15.8. The average molecular weight is 269 g/mol. The molecule has 1 heterocycles. The highest BCUT2D eigenvalue weighted by Crippen LogP contribution is 2.07. The fourth-order valence-corrected chi connectivity index (χ4v) is 1.72. The van der Waals surface area contributed by atoms with Gasteiger partial charge in [-0.05, 0) is 18.6 Å². The summed E-state index contributed by atoms with van der Waals surface area (Å²) in [6, 6.07) is 3.54. The van der Waals surface area contributed by atoms with Crippen LogP contribution in [0.15, 0.2) is 18.3 Å². The van der Waals surface area contributed by atoms with E-state index in [9.17, 15) is 9.00 Å². The van der Waals surface area contributed by atoms with Gasteiger partial charge in [0.05, 0.1) is 0 Å². The Morgan fingerprint density at radius 2 is 2.22 bits per heavy atom. The van der Waals surface area contributed by atoms with Crippen molar-refractivity contribution < 1.29 is 9.00 Å². The van der Waals surface area contributed by atoms with Gasteiger partial charge in [0, 0.05) is 47.8 Å².